The van der Waals surface area contributed by atoms with Gasteiger partial charge in [0.1, 0.15) is 5.82 Å². The van der Waals surface area contributed by atoms with E-state index in [9.17, 15) is 4.79 Å². The summed E-state index contributed by atoms with van der Waals surface area (Å²) in [6.45, 7) is 5.98. The number of hydrogen-bond donors (Lipinski definition) is 0. The van der Waals surface area contributed by atoms with Gasteiger partial charge in [-0.1, -0.05) is 41.9 Å². The van der Waals surface area contributed by atoms with E-state index in [1.807, 2.05) is 53.4 Å². The summed E-state index contributed by atoms with van der Waals surface area (Å²) in [7, 11) is 0. The highest BCUT2D eigenvalue weighted by molar-refractivity contribution is 6.30. The number of fused-ring (bicyclic) bond motifs is 1. The third-order valence-electron chi connectivity index (χ3n) is 6.29. The van der Waals surface area contributed by atoms with E-state index in [4.69, 9.17) is 16.6 Å². The van der Waals surface area contributed by atoms with Gasteiger partial charge in [-0.05, 0) is 42.7 Å². The Hall–Kier alpha value is -2.63. The van der Waals surface area contributed by atoms with Crippen molar-refractivity contribution in [1.82, 2.24) is 14.8 Å². The molecule has 3 heterocycles. The number of amides is 1. The number of rotatable bonds is 4. The molecule has 0 saturated carbocycles. The number of pyridine rings is 1. The average Bonchev–Trinajstić information content (AvgIpc) is 3.33. The SMILES string of the molecule is O=C(c1cc2ccccc2nc1N1CCCC1)N1CCN(Cc2cccc(Cl)c2)CC1. The topological polar surface area (TPSA) is 39.7 Å². The number of para-hydroxylation sites is 1. The van der Waals surface area contributed by atoms with Gasteiger partial charge >= 0.3 is 0 Å². The lowest BCUT2D eigenvalue weighted by atomic mass is 10.1. The van der Waals surface area contributed by atoms with Crippen molar-refractivity contribution in [3.05, 3.63) is 70.7 Å². The van der Waals surface area contributed by atoms with Gasteiger partial charge in [-0.25, -0.2) is 4.98 Å². The summed E-state index contributed by atoms with van der Waals surface area (Å²) < 4.78 is 0. The standard InChI is InChI=1S/C25H27ClN4O/c26-21-8-5-6-19(16-21)18-28-12-14-30(15-13-28)25(31)22-17-20-7-1-2-9-23(20)27-24(22)29-10-3-4-11-29/h1-2,5-9,16-17H,3-4,10-15,18H2. The highest BCUT2D eigenvalue weighted by Crippen LogP contribution is 2.28. The highest BCUT2D eigenvalue weighted by Gasteiger charge is 2.27. The fraction of sp³-hybridized carbons (Fsp3) is 0.360. The van der Waals surface area contributed by atoms with E-state index >= 15 is 0 Å². The number of halogens is 1. The first-order valence-electron chi connectivity index (χ1n) is 11.1. The van der Waals surface area contributed by atoms with E-state index in [1.165, 1.54) is 5.56 Å². The number of benzene rings is 2. The van der Waals surface area contributed by atoms with E-state index in [1.54, 1.807) is 0 Å². The molecule has 5 nitrogen and oxygen atoms in total. The molecule has 2 aliphatic rings. The molecule has 31 heavy (non-hydrogen) atoms. The molecule has 6 heteroatoms. The normalized spacial score (nSPS) is 17.5. The van der Waals surface area contributed by atoms with E-state index in [0.717, 1.165) is 86.0 Å². The molecule has 0 aliphatic carbocycles. The predicted octanol–water partition coefficient (Wildman–Crippen LogP) is 4.45. The van der Waals surface area contributed by atoms with E-state index in [-0.39, 0.29) is 5.91 Å². The lowest BCUT2D eigenvalue weighted by molar-refractivity contribution is 0.0629. The first-order chi connectivity index (χ1) is 15.2. The molecule has 0 radical (unpaired) electrons. The Bertz CT molecular complexity index is 1090. The molecule has 5 rings (SSSR count). The van der Waals surface area contributed by atoms with Gasteiger partial charge < -0.3 is 9.80 Å². The molecule has 2 aliphatic heterocycles. The van der Waals surface area contributed by atoms with Gasteiger partial charge in [0.25, 0.3) is 5.91 Å². The van der Waals surface area contributed by atoms with E-state index < -0.39 is 0 Å². The zero-order valence-corrected chi connectivity index (χ0v) is 18.4. The minimum Gasteiger partial charge on any atom is -0.356 e. The van der Waals surface area contributed by atoms with Crippen LogP contribution in [0, 0.1) is 0 Å². The van der Waals surface area contributed by atoms with Gasteiger partial charge in [-0.3, -0.25) is 9.69 Å². The summed E-state index contributed by atoms with van der Waals surface area (Å²) in [5.74, 6) is 0.949. The lowest BCUT2D eigenvalue weighted by Gasteiger charge is -2.35. The van der Waals surface area contributed by atoms with Crippen molar-refractivity contribution in [1.29, 1.82) is 0 Å². The average molecular weight is 435 g/mol. The van der Waals surface area contributed by atoms with Crippen molar-refractivity contribution < 1.29 is 4.79 Å². The maximum atomic E-state index is 13.6. The molecule has 1 amide bonds. The highest BCUT2D eigenvalue weighted by atomic mass is 35.5. The van der Waals surface area contributed by atoms with Crippen LogP contribution in [-0.2, 0) is 6.54 Å². The summed E-state index contributed by atoms with van der Waals surface area (Å²) >= 11 is 6.12. The molecule has 0 unspecified atom stereocenters. The van der Waals surface area contributed by atoms with Crippen LogP contribution in [0.15, 0.2) is 54.6 Å². The Morgan fingerprint density at radius 1 is 0.903 bits per heavy atom. The molecule has 0 bridgehead atoms. The predicted molar refractivity (Wildman–Crippen MR) is 126 cm³/mol. The van der Waals surface area contributed by atoms with Crippen LogP contribution in [0.4, 0.5) is 5.82 Å². The maximum absolute atomic E-state index is 13.6. The molecule has 2 saturated heterocycles. The Morgan fingerprint density at radius 2 is 1.68 bits per heavy atom. The Morgan fingerprint density at radius 3 is 2.45 bits per heavy atom. The van der Waals surface area contributed by atoms with Crippen LogP contribution in [0.2, 0.25) is 5.02 Å². The number of hydrogen-bond acceptors (Lipinski definition) is 4. The van der Waals surface area contributed by atoms with Crippen LogP contribution < -0.4 is 4.90 Å². The summed E-state index contributed by atoms with van der Waals surface area (Å²) in [5, 5.41) is 1.79. The Balaban J connectivity index is 1.33. The number of nitrogens with zero attached hydrogens (tertiary/aromatic N) is 4. The number of piperazine rings is 1. The quantitative estimate of drug-likeness (QED) is 0.608. The van der Waals surface area contributed by atoms with Crippen molar-refractivity contribution in [3.8, 4) is 0 Å². The number of anilines is 1. The molecule has 3 aromatic rings. The molecular weight excluding hydrogens is 408 g/mol. The van der Waals surface area contributed by atoms with Crippen molar-refractivity contribution in [2.45, 2.75) is 19.4 Å². The molecular formula is C25H27ClN4O. The fourth-order valence-electron chi connectivity index (χ4n) is 4.61. The van der Waals surface area contributed by atoms with Crippen LogP contribution in [0.3, 0.4) is 0 Å². The van der Waals surface area contributed by atoms with Crippen molar-refractivity contribution in [2.24, 2.45) is 0 Å². The first-order valence-corrected chi connectivity index (χ1v) is 11.5. The van der Waals surface area contributed by atoms with Crippen LogP contribution in [0.1, 0.15) is 28.8 Å². The molecule has 2 aromatic carbocycles. The Kier molecular flexibility index (Phi) is 5.79. The van der Waals surface area contributed by atoms with Gasteiger partial charge in [0.15, 0.2) is 0 Å². The minimum absolute atomic E-state index is 0.0996. The lowest BCUT2D eigenvalue weighted by Crippen LogP contribution is -2.48. The summed E-state index contributed by atoms with van der Waals surface area (Å²) in [6, 6.07) is 18.1. The van der Waals surface area contributed by atoms with Crippen molar-refractivity contribution >= 4 is 34.2 Å². The van der Waals surface area contributed by atoms with E-state index in [2.05, 4.69) is 15.9 Å². The summed E-state index contributed by atoms with van der Waals surface area (Å²) in [6.07, 6.45) is 2.31. The minimum atomic E-state index is 0.0996. The van der Waals surface area contributed by atoms with Gasteiger partial charge in [-0.2, -0.15) is 0 Å². The van der Waals surface area contributed by atoms with Crippen LogP contribution >= 0.6 is 11.6 Å². The first kappa shape index (κ1) is 20.3. The van der Waals surface area contributed by atoms with Crippen molar-refractivity contribution in [3.63, 3.8) is 0 Å². The van der Waals surface area contributed by atoms with E-state index in [0.29, 0.717) is 0 Å². The third kappa shape index (κ3) is 4.39. The van der Waals surface area contributed by atoms with Crippen molar-refractivity contribution in [2.75, 3.05) is 44.2 Å². The van der Waals surface area contributed by atoms with Crippen LogP contribution in [-0.4, -0.2) is 60.0 Å². The number of carbonyl (C=O) groups excluding carboxylic acids is 1. The zero-order chi connectivity index (χ0) is 21.2. The molecule has 0 spiro atoms. The molecule has 0 N–H and O–H groups in total. The number of aromatic nitrogens is 1. The second-order valence-corrected chi connectivity index (χ2v) is 8.88. The van der Waals surface area contributed by atoms with Gasteiger partial charge in [-0.15, -0.1) is 0 Å². The molecule has 1 aromatic heterocycles. The van der Waals surface area contributed by atoms with Gasteiger partial charge in [0.05, 0.1) is 11.1 Å². The monoisotopic (exact) mass is 434 g/mol. The van der Waals surface area contributed by atoms with Gasteiger partial charge in [0.2, 0.25) is 0 Å². The zero-order valence-electron chi connectivity index (χ0n) is 17.6. The molecule has 2 fully saturated rings. The second-order valence-electron chi connectivity index (χ2n) is 8.44. The largest absolute Gasteiger partial charge is 0.356 e. The fourth-order valence-corrected chi connectivity index (χ4v) is 4.82. The second kappa shape index (κ2) is 8.85. The summed E-state index contributed by atoms with van der Waals surface area (Å²) in [5.41, 5.74) is 2.90. The number of carbonyl (C=O) groups is 1. The maximum Gasteiger partial charge on any atom is 0.257 e. The Labute approximate surface area is 188 Å². The van der Waals surface area contributed by atoms with Gasteiger partial charge in [0, 0.05) is 56.2 Å². The molecule has 0 atom stereocenters. The third-order valence-corrected chi connectivity index (χ3v) is 6.53. The van der Waals surface area contributed by atoms with Crippen LogP contribution in [0.5, 0.6) is 0 Å². The smallest absolute Gasteiger partial charge is 0.257 e. The summed E-state index contributed by atoms with van der Waals surface area (Å²) in [4.78, 5) is 25.1. The van der Waals surface area contributed by atoms with Crippen LogP contribution in [0.25, 0.3) is 10.9 Å². The molecule has 160 valence electrons.